The van der Waals surface area contributed by atoms with Crippen molar-refractivity contribution in [1.82, 2.24) is 0 Å². The summed E-state index contributed by atoms with van der Waals surface area (Å²) in [5, 5.41) is 8.34. The van der Waals surface area contributed by atoms with E-state index in [1.165, 1.54) is 12.8 Å². The number of unbranched alkanes of at least 4 members (excludes halogenated alkanes) is 5. The van der Waals surface area contributed by atoms with Crippen LogP contribution in [0.1, 0.15) is 44.9 Å². The smallest absolute Gasteiger partial charge is 0.303 e. The molecule has 80 valence electrons. The van der Waals surface area contributed by atoms with Gasteiger partial charge in [-0.1, -0.05) is 25.7 Å². The van der Waals surface area contributed by atoms with E-state index in [4.69, 9.17) is 10.8 Å². The third-order valence-corrected chi connectivity index (χ3v) is 1.84. The SMILES string of the molecule is Cl.NCCCCCCCCC(=O)O. The second-order valence-electron chi connectivity index (χ2n) is 3.05. The number of halogens is 1. The third-order valence-electron chi connectivity index (χ3n) is 1.84. The lowest BCUT2D eigenvalue weighted by molar-refractivity contribution is -0.137. The summed E-state index contributed by atoms with van der Waals surface area (Å²) in [5.41, 5.74) is 5.33. The van der Waals surface area contributed by atoms with E-state index in [1.54, 1.807) is 0 Å². The van der Waals surface area contributed by atoms with Crippen LogP contribution in [0.3, 0.4) is 0 Å². The van der Waals surface area contributed by atoms with Gasteiger partial charge in [0.1, 0.15) is 0 Å². The van der Waals surface area contributed by atoms with Crippen LogP contribution < -0.4 is 5.73 Å². The molecule has 0 aromatic carbocycles. The fourth-order valence-electron chi connectivity index (χ4n) is 1.13. The molecule has 0 aromatic heterocycles. The Morgan fingerprint density at radius 3 is 1.92 bits per heavy atom. The molecule has 0 aliphatic heterocycles. The molecule has 0 fully saturated rings. The van der Waals surface area contributed by atoms with Gasteiger partial charge in [-0.05, 0) is 19.4 Å². The van der Waals surface area contributed by atoms with E-state index in [2.05, 4.69) is 0 Å². The molecule has 0 radical (unpaired) electrons. The highest BCUT2D eigenvalue weighted by Crippen LogP contribution is 2.06. The summed E-state index contributed by atoms with van der Waals surface area (Å²) >= 11 is 0. The summed E-state index contributed by atoms with van der Waals surface area (Å²) in [7, 11) is 0. The number of aliphatic carboxylic acids is 1. The van der Waals surface area contributed by atoms with Crippen LogP contribution >= 0.6 is 12.4 Å². The molecule has 0 amide bonds. The molecule has 0 aliphatic carbocycles. The van der Waals surface area contributed by atoms with Gasteiger partial charge in [0.05, 0.1) is 0 Å². The van der Waals surface area contributed by atoms with Gasteiger partial charge in [-0.25, -0.2) is 0 Å². The molecule has 0 atom stereocenters. The Hall–Kier alpha value is -0.280. The van der Waals surface area contributed by atoms with Crippen molar-refractivity contribution in [3.63, 3.8) is 0 Å². The summed E-state index contributed by atoms with van der Waals surface area (Å²) in [4.78, 5) is 10.1. The maximum atomic E-state index is 10.1. The molecule has 3 nitrogen and oxygen atoms in total. The van der Waals surface area contributed by atoms with E-state index in [0.29, 0.717) is 6.42 Å². The van der Waals surface area contributed by atoms with Crippen LogP contribution in [0.4, 0.5) is 0 Å². The molecule has 0 heterocycles. The van der Waals surface area contributed by atoms with Crippen molar-refractivity contribution in [2.45, 2.75) is 44.9 Å². The molecular formula is C9H20ClNO2. The third kappa shape index (κ3) is 14.6. The molecule has 0 saturated heterocycles. The van der Waals surface area contributed by atoms with Gasteiger partial charge in [0.25, 0.3) is 0 Å². The highest BCUT2D eigenvalue weighted by Gasteiger charge is 1.95. The Balaban J connectivity index is 0. The lowest BCUT2D eigenvalue weighted by atomic mass is 10.1. The molecule has 0 unspecified atom stereocenters. The lowest BCUT2D eigenvalue weighted by Crippen LogP contribution is -1.97. The minimum absolute atomic E-state index is 0. The van der Waals surface area contributed by atoms with Gasteiger partial charge >= 0.3 is 5.97 Å². The zero-order valence-corrected chi connectivity index (χ0v) is 8.81. The van der Waals surface area contributed by atoms with Crippen molar-refractivity contribution in [3.05, 3.63) is 0 Å². The Morgan fingerprint density at radius 2 is 1.46 bits per heavy atom. The Bertz CT molecular complexity index is 120. The van der Waals surface area contributed by atoms with Crippen molar-refractivity contribution < 1.29 is 9.90 Å². The normalized spacial score (nSPS) is 9.31. The highest BCUT2D eigenvalue weighted by molar-refractivity contribution is 5.85. The number of rotatable bonds is 8. The first kappa shape index (κ1) is 15.2. The first-order valence-electron chi connectivity index (χ1n) is 4.69. The monoisotopic (exact) mass is 209 g/mol. The predicted octanol–water partition coefficient (Wildman–Crippen LogP) is 2.18. The van der Waals surface area contributed by atoms with Crippen molar-refractivity contribution in [3.8, 4) is 0 Å². The quantitative estimate of drug-likeness (QED) is 0.603. The topological polar surface area (TPSA) is 63.3 Å². The molecule has 0 saturated carbocycles. The zero-order chi connectivity index (χ0) is 9.23. The summed E-state index contributed by atoms with van der Waals surface area (Å²) in [6.07, 6.45) is 6.79. The van der Waals surface area contributed by atoms with Crippen LogP contribution in [-0.2, 0) is 4.79 Å². The number of carbonyl (C=O) groups is 1. The summed E-state index contributed by atoms with van der Waals surface area (Å²) in [6.45, 7) is 0.773. The molecule has 0 rings (SSSR count). The maximum absolute atomic E-state index is 10.1. The van der Waals surface area contributed by atoms with Crippen molar-refractivity contribution in [1.29, 1.82) is 0 Å². The molecule has 0 spiro atoms. The van der Waals surface area contributed by atoms with E-state index in [1.807, 2.05) is 0 Å². The van der Waals surface area contributed by atoms with Gasteiger partial charge in [-0.3, -0.25) is 4.79 Å². The molecule has 13 heavy (non-hydrogen) atoms. The van der Waals surface area contributed by atoms with Crippen molar-refractivity contribution in [2.75, 3.05) is 6.54 Å². The average molecular weight is 210 g/mol. The number of carboxylic acid groups (broad SMARTS) is 1. The average Bonchev–Trinajstić information content (AvgIpc) is 2.02. The van der Waals surface area contributed by atoms with Gasteiger partial charge in [0.15, 0.2) is 0 Å². The highest BCUT2D eigenvalue weighted by atomic mass is 35.5. The van der Waals surface area contributed by atoms with Gasteiger partial charge in [0.2, 0.25) is 0 Å². The maximum Gasteiger partial charge on any atom is 0.303 e. The minimum Gasteiger partial charge on any atom is -0.481 e. The van der Waals surface area contributed by atoms with E-state index >= 15 is 0 Å². The van der Waals surface area contributed by atoms with Crippen LogP contribution in [0.5, 0.6) is 0 Å². The minimum atomic E-state index is -0.683. The molecular weight excluding hydrogens is 190 g/mol. The van der Waals surface area contributed by atoms with E-state index in [-0.39, 0.29) is 12.4 Å². The van der Waals surface area contributed by atoms with Crippen molar-refractivity contribution in [2.24, 2.45) is 5.73 Å². The van der Waals surface area contributed by atoms with Gasteiger partial charge < -0.3 is 10.8 Å². The van der Waals surface area contributed by atoms with E-state index < -0.39 is 5.97 Å². The Kier molecular flexibility index (Phi) is 13.7. The Labute approximate surface area is 86.1 Å². The molecule has 0 bridgehead atoms. The fourth-order valence-corrected chi connectivity index (χ4v) is 1.13. The number of hydrogen-bond acceptors (Lipinski definition) is 2. The predicted molar refractivity (Wildman–Crippen MR) is 56.3 cm³/mol. The molecule has 0 aromatic rings. The molecule has 3 N–H and O–H groups in total. The molecule has 0 aliphatic rings. The van der Waals surface area contributed by atoms with Crippen LogP contribution in [0.2, 0.25) is 0 Å². The standard InChI is InChI=1S/C9H19NO2.ClH/c10-8-6-4-2-1-3-5-7-9(11)12;/h1-8,10H2,(H,11,12);1H. The first-order chi connectivity index (χ1) is 5.77. The van der Waals surface area contributed by atoms with Crippen LogP contribution in [0.25, 0.3) is 0 Å². The molecule has 4 heteroatoms. The van der Waals surface area contributed by atoms with Crippen LogP contribution in [0, 0.1) is 0 Å². The van der Waals surface area contributed by atoms with Crippen molar-refractivity contribution >= 4 is 18.4 Å². The number of hydrogen-bond donors (Lipinski definition) is 2. The van der Waals surface area contributed by atoms with Gasteiger partial charge in [0, 0.05) is 6.42 Å². The first-order valence-corrected chi connectivity index (χ1v) is 4.69. The summed E-state index contributed by atoms with van der Waals surface area (Å²) < 4.78 is 0. The Morgan fingerprint density at radius 1 is 1.00 bits per heavy atom. The van der Waals surface area contributed by atoms with E-state index in [0.717, 1.165) is 32.2 Å². The fraction of sp³-hybridized carbons (Fsp3) is 0.889. The lowest BCUT2D eigenvalue weighted by Gasteiger charge is -1.98. The second-order valence-corrected chi connectivity index (χ2v) is 3.05. The summed E-state index contributed by atoms with van der Waals surface area (Å²) in [6, 6.07) is 0. The van der Waals surface area contributed by atoms with E-state index in [9.17, 15) is 4.79 Å². The van der Waals surface area contributed by atoms with Crippen LogP contribution in [-0.4, -0.2) is 17.6 Å². The zero-order valence-electron chi connectivity index (χ0n) is 8.00. The summed E-state index contributed by atoms with van der Waals surface area (Å²) in [5.74, 6) is -0.683. The van der Waals surface area contributed by atoms with Gasteiger partial charge in [-0.15, -0.1) is 12.4 Å². The van der Waals surface area contributed by atoms with Gasteiger partial charge in [-0.2, -0.15) is 0 Å². The van der Waals surface area contributed by atoms with Crippen LogP contribution in [0.15, 0.2) is 0 Å². The second kappa shape index (κ2) is 11.7. The number of carboxylic acids is 1. The number of nitrogens with two attached hydrogens (primary N) is 1. The largest absolute Gasteiger partial charge is 0.481 e.